The van der Waals surface area contributed by atoms with E-state index in [1.165, 1.54) is 13.3 Å². The van der Waals surface area contributed by atoms with Crippen LogP contribution >= 0.6 is 0 Å². The van der Waals surface area contributed by atoms with Crippen LogP contribution in [0.3, 0.4) is 0 Å². The molecular formula is C24H28N4O4. The van der Waals surface area contributed by atoms with Crippen LogP contribution in [0, 0.1) is 6.92 Å². The number of benzene rings is 2. The number of rotatable bonds is 6. The van der Waals surface area contributed by atoms with Gasteiger partial charge in [0.25, 0.3) is 5.91 Å². The Bertz CT molecular complexity index is 1110. The first-order chi connectivity index (χ1) is 15.4. The fourth-order valence-corrected chi connectivity index (χ4v) is 3.91. The molecule has 1 amide bonds. The van der Waals surface area contributed by atoms with Gasteiger partial charge in [-0.05, 0) is 37.6 Å². The molecule has 8 nitrogen and oxygen atoms in total. The third-order valence-corrected chi connectivity index (χ3v) is 5.61. The average Bonchev–Trinajstić information content (AvgIpc) is 2.79. The fraction of sp³-hybridized carbons (Fsp3) is 0.375. The Labute approximate surface area is 187 Å². The van der Waals surface area contributed by atoms with E-state index in [2.05, 4.69) is 21.4 Å². The van der Waals surface area contributed by atoms with Crippen LogP contribution in [0.2, 0.25) is 0 Å². The van der Waals surface area contributed by atoms with Gasteiger partial charge in [0.1, 0.15) is 24.4 Å². The molecule has 0 spiro atoms. The van der Waals surface area contributed by atoms with Gasteiger partial charge in [0.05, 0.1) is 12.6 Å². The van der Waals surface area contributed by atoms with Crippen molar-refractivity contribution < 1.29 is 19.4 Å². The van der Waals surface area contributed by atoms with Gasteiger partial charge in [-0.25, -0.2) is 9.97 Å². The molecule has 0 unspecified atom stereocenters. The summed E-state index contributed by atoms with van der Waals surface area (Å²) in [6.07, 6.45) is 1.87. The number of hydrogen-bond donors (Lipinski definition) is 2. The summed E-state index contributed by atoms with van der Waals surface area (Å²) in [6, 6.07) is 11.8. The van der Waals surface area contributed by atoms with Gasteiger partial charge in [-0.2, -0.15) is 0 Å². The van der Waals surface area contributed by atoms with E-state index in [1.807, 2.05) is 37.3 Å². The second-order valence-corrected chi connectivity index (χ2v) is 8.06. The Kier molecular flexibility index (Phi) is 6.41. The molecule has 3 aromatic rings. The molecule has 1 saturated heterocycles. The number of anilines is 2. The van der Waals surface area contributed by atoms with E-state index in [1.54, 1.807) is 12.0 Å². The lowest BCUT2D eigenvalue weighted by molar-refractivity contribution is -0.141. The highest BCUT2D eigenvalue weighted by Gasteiger charge is 2.27. The molecule has 8 heteroatoms. The first-order valence-corrected chi connectivity index (χ1v) is 10.7. The molecule has 2 aromatic carbocycles. The molecule has 4 rings (SSSR count). The van der Waals surface area contributed by atoms with Gasteiger partial charge in [-0.3, -0.25) is 4.79 Å². The van der Waals surface area contributed by atoms with Crippen LogP contribution in [-0.4, -0.2) is 58.3 Å². The lowest BCUT2D eigenvalue weighted by atomic mass is 10.1. The number of hydrogen-bond acceptors (Lipinski definition) is 7. The van der Waals surface area contributed by atoms with Gasteiger partial charge in [0.2, 0.25) is 0 Å². The molecule has 32 heavy (non-hydrogen) atoms. The van der Waals surface area contributed by atoms with Gasteiger partial charge in [-0.15, -0.1) is 0 Å². The largest absolute Gasteiger partial charge is 0.493 e. The number of aromatic nitrogens is 2. The standard InChI is InChI=1S/C24H28N4O4/c1-15-5-4-6-17(11-15)27-23-19-12-21(31-3)22(13-20(19)25-14-26-23)32-18-7-9-28(10-8-18)24(30)16(2)29/h4-6,11-14,16,18,29H,7-10H2,1-3H3,(H,25,26,27)/t16-/m1/s1. The summed E-state index contributed by atoms with van der Waals surface area (Å²) in [5.74, 6) is 1.66. The zero-order chi connectivity index (χ0) is 22.7. The molecule has 1 fully saturated rings. The second-order valence-electron chi connectivity index (χ2n) is 8.06. The summed E-state index contributed by atoms with van der Waals surface area (Å²) in [6.45, 7) is 4.64. The van der Waals surface area contributed by atoms with Crippen LogP contribution in [0.5, 0.6) is 11.5 Å². The number of aliphatic hydroxyl groups is 1. The minimum absolute atomic E-state index is 0.0499. The van der Waals surface area contributed by atoms with Gasteiger partial charge >= 0.3 is 0 Å². The Morgan fingerprint density at radius 2 is 1.97 bits per heavy atom. The zero-order valence-electron chi connectivity index (χ0n) is 18.5. The number of carbonyl (C=O) groups is 1. The summed E-state index contributed by atoms with van der Waals surface area (Å²) in [5.41, 5.74) is 2.85. The number of likely N-dealkylation sites (tertiary alicyclic amines) is 1. The van der Waals surface area contributed by atoms with Crippen LogP contribution in [0.25, 0.3) is 10.9 Å². The number of carbonyl (C=O) groups excluding carboxylic acids is 1. The molecule has 1 aliphatic heterocycles. The van der Waals surface area contributed by atoms with E-state index in [0.717, 1.165) is 22.2 Å². The Morgan fingerprint density at radius 3 is 2.66 bits per heavy atom. The molecule has 0 radical (unpaired) electrons. The van der Waals surface area contributed by atoms with Crippen molar-refractivity contribution in [2.75, 3.05) is 25.5 Å². The molecule has 0 aliphatic carbocycles. The highest BCUT2D eigenvalue weighted by molar-refractivity contribution is 5.93. The molecule has 2 N–H and O–H groups in total. The third-order valence-electron chi connectivity index (χ3n) is 5.61. The number of ether oxygens (including phenoxy) is 2. The van der Waals surface area contributed by atoms with Gasteiger partial charge < -0.3 is 24.8 Å². The van der Waals surface area contributed by atoms with Crippen LogP contribution in [0.15, 0.2) is 42.7 Å². The van der Waals surface area contributed by atoms with E-state index < -0.39 is 6.10 Å². The maximum atomic E-state index is 12.0. The third kappa shape index (κ3) is 4.75. The number of piperidine rings is 1. The van der Waals surface area contributed by atoms with Gasteiger partial charge in [-0.1, -0.05) is 12.1 Å². The van der Waals surface area contributed by atoms with E-state index in [0.29, 0.717) is 43.2 Å². The minimum Gasteiger partial charge on any atom is -0.493 e. The number of aryl methyl sites for hydroxylation is 1. The Morgan fingerprint density at radius 1 is 1.19 bits per heavy atom. The molecule has 2 heterocycles. The minimum atomic E-state index is -0.977. The summed E-state index contributed by atoms with van der Waals surface area (Å²) in [7, 11) is 1.61. The van der Waals surface area contributed by atoms with Crippen molar-refractivity contribution in [2.24, 2.45) is 0 Å². The summed E-state index contributed by atoms with van der Waals surface area (Å²) in [4.78, 5) is 22.5. The van der Waals surface area contributed by atoms with Crippen molar-refractivity contribution in [3.8, 4) is 11.5 Å². The van der Waals surface area contributed by atoms with Crippen molar-refractivity contribution in [3.05, 3.63) is 48.3 Å². The lowest BCUT2D eigenvalue weighted by Crippen LogP contribution is -2.45. The van der Waals surface area contributed by atoms with E-state index in [-0.39, 0.29) is 12.0 Å². The summed E-state index contributed by atoms with van der Waals surface area (Å²) >= 11 is 0. The number of fused-ring (bicyclic) bond motifs is 1. The molecule has 1 atom stereocenters. The fourth-order valence-electron chi connectivity index (χ4n) is 3.91. The number of methoxy groups -OCH3 is 1. The predicted molar refractivity (Wildman–Crippen MR) is 122 cm³/mol. The smallest absolute Gasteiger partial charge is 0.251 e. The maximum Gasteiger partial charge on any atom is 0.251 e. The molecule has 1 aromatic heterocycles. The highest BCUT2D eigenvalue weighted by atomic mass is 16.5. The zero-order valence-corrected chi connectivity index (χ0v) is 18.5. The SMILES string of the molecule is COc1cc2c(Nc3cccc(C)c3)ncnc2cc1OC1CCN(C(=O)[C@@H](C)O)CC1. The van der Waals surface area contributed by atoms with Crippen LogP contribution in [0.4, 0.5) is 11.5 Å². The van der Waals surface area contributed by atoms with Crippen molar-refractivity contribution in [3.63, 3.8) is 0 Å². The highest BCUT2D eigenvalue weighted by Crippen LogP contribution is 2.36. The number of aliphatic hydroxyl groups excluding tert-OH is 1. The second kappa shape index (κ2) is 9.40. The quantitative estimate of drug-likeness (QED) is 0.611. The number of nitrogens with zero attached hydrogens (tertiary/aromatic N) is 3. The summed E-state index contributed by atoms with van der Waals surface area (Å²) in [5, 5.41) is 13.7. The van der Waals surface area contributed by atoms with Crippen LogP contribution in [-0.2, 0) is 4.79 Å². The van der Waals surface area contributed by atoms with Crippen LogP contribution < -0.4 is 14.8 Å². The maximum absolute atomic E-state index is 12.0. The average molecular weight is 437 g/mol. The van der Waals surface area contributed by atoms with Gasteiger partial charge in [0, 0.05) is 43.1 Å². The first kappa shape index (κ1) is 21.8. The monoisotopic (exact) mass is 436 g/mol. The van der Waals surface area contributed by atoms with E-state index >= 15 is 0 Å². The normalized spacial score (nSPS) is 15.4. The molecule has 1 aliphatic rings. The lowest BCUT2D eigenvalue weighted by Gasteiger charge is -2.33. The molecule has 0 saturated carbocycles. The summed E-state index contributed by atoms with van der Waals surface area (Å²) < 4.78 is 11.8. The Hall–Kier alpha value is -3.39. The van der Waals surface area contributed by atoms with Gasteiger partial charge in [0.15, 0.2) is 11.5 Å². The van der Waals surface area contributed by atoms with E-state index in [4.69, 9.17) is 9.47 Å². The Balaban J connectivity index is 1.54. The van der Waals surface area contributed by atoms with Crippen molar-refractivity contribution in [1.29, 1.82) is 0 Å². The number of amides is 1. The van der Waals surface area contributed by atoms with Crippen LogP contribution in [0.1, 0.15) is 25.3 Å². The first-order valence-electron chi connectivity index (χ1n) is 10.7. The van der Waals surface area contributed by atoms with Crippen molar-refractivity contribution >= 4 is 28.3 Å². The van der Waals surface area contributed by atoms with Crippen molar-refractivity contribution in [1.82, 2.24) is 14.9 Å². The molecular weight excluding hydrogens is 408 g/mol. The number of nitrogens with one attached hydrogen (secondary N) is 1. The molecule has 0 bridgehead atoms. The molecule has 168 valence electrons. The van der Waals surface area contributed by atoms with E-state index in [9.17, 15) is 9.90 Å². The predicted octanol–water partition coefficient (Wildman–Crippen LogP) is 3.44. The van der Waals surface area contributed by atoms with Crippen molar-refractivity contribution in [2.45, 2.75) is 38.9 Å². The topological polar surface area (TPSA) is 96.8 Å².